The molecule has 4 rings (SSSR count). The smallest absolute Gasteiger partial charge is 0.265 e. The van der Waals surface area contributed by atoms with Crippen molar-refractivity contribution in [3.05, 3.63) is 41.0 Å². The lowest BCUT2D eigenvalue weighted by molar-refractivity contribution is 0.356. The highest BCUT2D eigenvalue weighted by Gasteiger charge is 2.30. The van der Waals surface area contributed by atoms with Crippen molar-refractivity contribution >= 4 is 15.7 Å². The van der Waals surface area contributed by atoms with E-state index in [2.05, 4.69) is 4.72 Å². The Hall–Kier alpha value is -2.41. The summed E-state index contributed by atoms with van der Waals surface area (Å²) in [5.41, 5.74) is 3.14. The van der Waals surface area contributed by atoms with E-state index in [4.69, 9.17) is 14.2 Å². The Morgan fingerprint density at radius 3 is 2.72 bits per heavy atom. The van der Waals surface area contributed by atoms with Gasteiger partial charge in [0.05, 0.1) is 26.0 Å². The Morgan fingerprint density at radius 2 is 1.92 bits per heavy atom. The summed E-state index contributed by atoms with van der Waals surface area (Å²) in [6.07, 6.45) is 1.39. The van der Waals surface area contributed by atoms with Gasteiger partial charge in [0, 0.05) is 24.0 Å². The number of fused-ring (bicyclic) bond motifs is 2. The van der Waals surface area contributed by atoms with Gasteiger partial charge in [0.15, 0.2) is 0 Å². The van der Waals surface area contributed by atoms with Gasteiger partial charge in [-0.25, -0.2) is 8.42 Å². The van der Waals surface area contributed by atoms with Gasteiger partial charge in [-0.05, 0) is 30.7 Å². The minimum atomic E-state index is -3.83. The average molecular weight is 361 g/mol. The Bertz CT molecular complexity index is 920. The van der Waals surface area contributed by atoms with Gasteiger partial charge < -0.3 is 14.2 Å². The minimum Gasteiger partial charge on any atom is -0.495 e. The first-order chi connectivity index (χ1) is 12.0. The molecule has 0 spiro atoms. The van der Waals surface area contributed by atoms with Crippen LogP contribution in [0, 0.1) is 6.92 Å². The summed E-state index contributed by atoms with van der Waals surface area (Å²) < 4.78 is 45.4. The number of benzene rings is 2. The van der Waals surface area contributed by atoms with E-state index in [9.17, 15) is 8.42 Å². The fourth-order valence-electron chi connectivity index (χ4n) is 3.28. The summed E-state index contributed by atoms with van der Waals surface area (Å²) in [6, 6.07) is 7.02. The minimum absolute atomic E-state index is 0.110. The van der Waals surface area contributed by atoms with Crippen LogP contribution in [0.25, 0.3) is 0 Å². The first-order valence-electron chi connectivity index (χ1n) is 8.11. The molecule has 2 heterocycles. The number of anilines is 1. The van der Waals surface area contributed by atoms with Crippen molar-refractivity contribution in [3.8, 4) is 17.2 Å². The van der Waals surface area contributed by atoms with Gasteiger partial charge in [0.2, 0.25) is 0 Å². The van der Waals surface area contributed by atoms with E-state index in [0.717, 1.165) is 28.9 Å². The summed E-state index contributed by atoms with van der Waals surface area (Å²) in [5, 5.41) is 0. The van der Waals surface area contributed by atoms with Crippen LogP contribution in [0.4, 0.5) is 5.69 Å². The van der Waals surface area contributed by atoms with Crippen molar-refractivity contribution in [2.45, 2.75) is 24.7 Å². The molecule has 25 heavy (non-hydrogen) atoms. The number of ether oxygens (including phenoxy) is 3. The fourth-order valence-corrected chi connectivity index (χ4v) is 4.63. The van der Waals surface area contributed by atoms with Crippen LogP contribution < -0.4 is 18.9 Å². The van der Waals surface area contributed by atoms with Crippen LogP contribution in [-0.4, -0.2) is 28.7 Å². The molecule has 2 aliphatic rings. The van der Waals surface area contributed by atoms with Gasteiger partial charge in [-0.2, -0.15) is 0 Å². The second-order valence-electron chi connectivity index (χ2n) is 6.17. The van der Waals surface area contributed by atoms with Gasteiger partial charge in [-0.1, -0.05) is 6.07 Å². The Kier molecular flexibility index (Phi) is 3.76. The van der Waals surface area contributed by atoms with E-state index in [1.54, 1.807) is 12.1 Å². The fraction of sp³-hybridized carbons (Fsp3) is 0.333. The van der Waals surface area contributed by atoms with Crippen LogP contribution in [-0.2, 0) is 22.9 Å². The van der Waals surface area contributed by atoms with Crippen LogP contribution in [0.3, 0.4) is 0 Å². The quantitative estimate of drug-likeness (QED) is 0.906. The van der Waals surface area contributed by atoms with Gasteiger partial charge >= 0.3 is 0 Å². The van der Waals surface area contributed by atoms with Crippen molar-refractivity contribution in [3.63, 3.8) is 0 Å². The topological polar surface area (TPSA) is 73.9 Å². The van der Waals surface area contributed by atoms with E-state index in [-0.39, 0.29) is 4.90 Å². The zero-order chi connectivity index (χ0) is 17.6. The number of nitrogens with one attached hydrogen (secondary N) is 1. The normalized spacial score (nSPS) is 15.1. The summed E-state index contributed by atoms with van der Waals surface area (Å²) in [6.45, 7) is 2.93. The van der Waals surface area contributed by atoms with E-state index >= 15 is 0 Å². The molecule has 0 saturated carbocycles. The molecule has 0 atom stereocenters. The maximum Gasteiger partial charge on any atom is 0.265 e. The Morgan fingerprint density at radius 1 is 1.12 bits per heavy atom. The van der Waals surface area contributed by atoms with Crippen molar-refractivity contribution in [2.24, 2.45) is 0 Å². The number of methoxy groups -OCH3 is 1. The SMILES string of the molecule is COc1ccc(C)cc1S(=O)(=O)Nc1c2c(cc3c1OCC3)OCC2. The van der Waals surface area contributed by atoms with Crippen LogP contribution in [0.5, 0.6) is 17.2 Å². The second-order valence-corrected chi connectivity index (χ2v) is 7.82. The largest absolute Gasteiger partial charge is 0.495 e. The summed E-state index contributed by atoms with van der Waals surface area (Å²) in [5.74, 6) is 1.65. The lowest BCUT2D eigenvalue weighted by Crippen LogP contribution is -2.16. The number of aryl methyl sites for hydroxylation is 1. The molecule has 2 aliphatic heterocycles. The number of hydrogen-bond donors (Lipinski definition) is 1. The Labute approximate surface area is 146 Å². The maximum absolute atomic E-state index is 13.0. The molecule has 2 aromatic carbocycles. The zero-order valence-electron chi connectivity index (χ0n) is 14.1. The third-order valence-electron chi connectivity index (χ3n) is 4.50. The predicted octanol–water partition coefficient (Wildman–Crippen LogP) is 2.67. The third kappa shape index (κ3) is 2.68. The molecule has 0 unspecified atom stereocenters. The molecule has 6 nitrogen and oxygen atoms in total. The second kappa shape index (κ2) is 5.84. The summed E-state index contributed by atoms with van der Waals surface area (Å²) in [7, 11) is -2.38. The molecule has 0 radical (unpaired) electrons. The summed E-state index contributed by atoms with van der Waals surface area (Å²) >= 11 is 0. The molecule has 0 saturated heterocycles. The lowest BCUT2D eigenvalue weighted by atomic mass is 10.0. The highest BCUT2D eigenvalue weighted by atomic mass is 32.2. The first kappa shape index (κ1) is 16.1. The molecule has 0 bridgehead atoms. The average Bonchev–Trinajstić information content (AvgIpc) is 3.23. The highest BCUT2D eigenvalue weighted by Crippen LogP contribution is 2.45. The van der Waals surface area contributed by atoms with E-state index < -0.39 is 10.0 Å². The lowest BCUT2D eigenvalue weighted by Gasteiger charge is -2.16. The number of hydrogen-bond acceptors (Lipinski definition) is 5. The molecular weight excluding hydrogens is 342 g/mol. The maximum atomic E-state index is 13.0. The monoisotopic (exact) mass is 361 g/mol. The third-order valence-corrected chi connectivity index (χ3v) is 5.87. The molecule has 0 amide bonds. The van der Waals surface area contributed by atoms with Gasteiger partial charge in [-0.15, -0.1) is 0 Å². The van der Waals surface area contributed by atoms with Gasteiger partial charge in [-0.3, -0.25) is 4.72 Å². The highest BCUT2D eigenvalue weighted by molar-refractivity contribution is 7.92. The van der Waals surface area contributed by atoms with Crippen LogP contribution >= 0.6 is 0 Å². The van der Waals surface area contributed by atoms with Crippen molar-refractivity contribution in [1.82, 2.24) is 0 Å². The van der Waals surface area contributed by atoms with Crippen molar-refractivity contribution in [1.29, 1.82) is 0 Å². The molecule has 132 valence electrons. The standard InChI is InChI=1S/C18H19NO5S/c1-11-3-4-14(22-2)16(9-11)25(20,21)19-17-13-6-8-23-15(13)10-12-5-7-24-18(12)17/h3-4,9-10,19H,5-8H2,1-2H3. The van der Waals surface area contributed by atoms with Crippen molar-refractivity contribution in [2.75, 3.05) is 25.0 Å². The molecule has 7 heteroatoms. The molecule has 2 aromatic rings. The molecule has 1 N–H and O–H groups in total. The molecule has 0 aliphatic carbocycles. The first-order valence-corrected chi connectivity index (χ1v) is 9.60. The predicted molar refractivity (Wildman–Crippen MR) is 93.4 cm³/mol. The van der Waals surface area contributed by atoms with E-state index in [1.807, 2.05) is 19.1 Å². The van der Waals surface area contributed by atoms with Crippen LogP contribution in [0.15, 0.2) is 29.2 Å². The molecule has 0 fully saturated rings. The summed E-state index contributed by atoms with van der Waals surface area (Å²) in [4.78, 5) is 0.110. The molecule has 0 aromatic heterocycles. The Balaban J connectivity index is 1.82. The van der Waals surface area contributed by atoms with Crippen LogP contribution in [0.1, 0.15) is 16.7 Å². The van der Waals surface area contributed by atoms with Crippen LogP contribution in [0.2, 0.25) is 0 Å². The number of rotatable bonds is 4. The van der Waals surface area contributed by atoms with Crippen molar-refractivity contribution < 1.29 is 22.6 Å². The van der Waals surface area contributed by atoms with E-state index in [0.29, 0.717) is 36.8 Å². The number of sulfonamides is 1. The van der Waals surface area contributed by atoms with Gasteiger partial charge in [0.1, 0.15) is 22.1 Å². The zero-order valence-corrected chi connectivity index (χ0v) is 14.9. The van der Waals surface area contributed by atoms with Gasteiger partial charge in [0.25, 0.3) is 10.0 Å². The molecular formula is C18H19NO5S. The van der Waals surface area contributed by atoms with E-state index in [1.165, 1.54) is 7.11 Å².